The van der Waals surface area contributed by atoms with E-state index in [1.165, 1.54) is 22.5 Å². The molecule has 0 atom stereocenters. The number of esters is 1. The number of nitrogens with zero attached hydrogens (tertiary/aromatic N) is 1. The summed E-state index contributed by atoms with van der Waals surface area (Å²) < 4.78 is 42.7. The molecule has 4 rings (SSSR count). The Bertz CT molecular complexity index is 1130. The standard InChI is InChI=1S/C26H33NO6S/c1-19-17-21(7-8-24(19)22-5-4-6-23(18-22)31-2)20-9-13-27(14-10-20)34(29,30)26(25(28)32-3)11-15-33-16-12-26/h4-8,17-18,20H,9-16H2,1-3H3. The summed E-state index contributed by atoms with van der Waals surface area (Å²) in [5.41, 5.74) is 4.65. The molecule has 0 radical (unpaired) electrons. The highest BCUT2D eigenvalue weighted by atomic mass is 32.2. The molecule has 0 unspecified atom stereocenters. The predicted molar refractivity (Wildman–Crippen MR) is 130 cm³/mol. The van der Waals surface area contributed by atoms with E-state index in [1.54, 1.807) is 7.11 Å². The van der Waals surface area contributed by atoms with Crippen molar-refractivity contribution >= 4 is 16.0 Å². The Balaban J connectivity index is 1.49. The van der Waals surface area contributed by atoms with Crippen molar-refractivity contribution in [2.75, 3.05) is 40.5 Å². The van der Waals surface area contributed by atoms with Crippen molar-refractivity contribution in [1.29, 1.82) is 0 Å². The van der Waals surface area contributed by atoms with E-state index in [0.717, 1.165) is 16.9 Å². The third kappa shape index (κ3) is 4.46. The van der Waals surface area contributed by atoms with Gasteiger partial charge >= 0.3 is 5.97 Å². The number of carbonyl (C=O) groups is 1. The van der Waals surface area contributed by atoms with Gasteiger partial charge in [-0.25, -0.2) is 12.7 Å². The molecule has 0 saturated carbocycles. The molecule has 2 aromatic rings. The normalized spacial score (nSPS) is 19.5. The lowest BCUT2D eigenvalue weighted by molar-refractivity contribution is -0.146. The van der Waals surface area contributed by atoms with E-state index >= 15 is 0 Å². The lowest BCUT2D eigenvalue weighted by Crippen LogP contribution is -2.57. The molecule has 0 amide bonds. The van der Waals surface area contributed by atoms with Crippen LogP contribution in [0.3, 0.4) is 0 Å². The van der Waals surface area contributed by atoms with Gasteiger partial charge in [0.25, 0.3) is 0 Å². The van der Waals surface area contributed by atoms with Crippen LogP contribution in [0.5, 0.6) is 5.75 Å². The molecule has 7 nitrogen and oxygen atoms in total. The maximum absolute atomic E-state index is 13.6. The van der Waals surface area contributed by atoms with E-state index in [9.17, 15) is 13.2 Å². The van der Waals surface area contributed by atoms with Crippen LogP contribution in [0.1, 0.15) is 42.7 Å². The van der Waals surface area contributed by atoms with E-state index in [4.69, 9.17) is 14.2 Å². The number of ether oxygens (including phenoxy) is 3. The van der Waals surface area contributed by atoms with Crippen LogP contribution in [0.25, 0.3) is 11.1 Å². The summed E-state index contributed by atoms with van der Waals surface area (Å²) in [6.07, 6.45) is 1.69. The fourth-order valence-corrected chi connectivity index (χ4v) is 7.35. The smallest absolute Gasteiger partial charge is 0.328 e. The number of hydrogen-bond donors (Lipinski definition) is 0. The van der Waals surface area contributed by atoms with Crippen LogP contribution in [0, 0.1) is 6.92 Å². The third-order valence-corrected chi connectivity index (χ3v) is 9.86. The van der Waals surface area contributed by atoms with Crippen molar-refractivity contribution in [1.82, 2.24) is 4.31 Å². The molecular weight excluding hydrogens is 454 g/mol. The van der Waals surface area contributed by atoms with Crippen molar-refractivity contribution in [2.45, 2.75) is 43.3 Å². The molecule has 0 aliphatic carbocycles. The highest BCUT2D eigenvalue weighted by Crippen LogP contribution is 2.38. The second-order valence-corrected chi connectivity index (χ2v) is 11.3. The predicted octanol–water partition coefficient (Wildman–Crippen LogP) is 3.90. The number of hydrogen-bond acceptors (Lipinski definition) is 6. The molecule has 2 fully saturated rings. The minimum atomic E-state index is -3.85. The number of rotatable bonds is 6. The average molecular weight is 488 g/mol. The van der Waals surface area contributed by atoms with E-state index in [1.807, 2.05) is 18.2 Å². The molecule has 8 heteroatoms. The maximum atomic E-state index is 13.6. The fraction of sp³-hybridized carbons (Fsp3) is 0.500. The summed E-state index contributed by atoms with van der Waals surface area (Å²) in [6.45, 7) is 3.36. The lowest BCUT2D eigenvalue weighted by Gasteiger charge is -2.40. The van der Waals surface area contributed by atoms with E-state index in [-0.39, 0.29) is 32.0 Å². The van der Waals surface area contributed by atoms with E-state index < -0.39 is 20.7 Å². The van der Waals surface area contributed by atoms with Crippen molar-refractivity contribution < 1.29 is 27.4 Å². The number of aryl methyl sites for hydroxylation is 1. The van der Waals surface area contributed by atoms with E-state index in [0.29, 0.717) is 25.9 Å². The molecule has 0 N–H and O–H groups in total. The third-order valence-electron chi connectivity index (χ3n) is 7.25. The fourth-order valence-electron chi connectivity index (χ4n) is 5.19. The Morgan fingerprint density at radius 3 is 2.38 bits per heavy atom. The first kappa shape index (κ1) is 24.7. The average Bonchev–Trinajstić information content (AvgIpc) is 2.88. The molecule has 2 aromatic carbocycles. The first-order chi connectivity index (χ1) is 16.3. The van der Waals surface area contributed by atoms with Crippen molar-refractivity contribution in [3.8, 4) is 16.9 Å². The number of piperidine rings is 1. The maximum Gasteiger partial charge on any atom is 0.328 e. The van der Waals surface area contributed by atoms with Gasteiger partial charge in [0.15, 0.2) is 4.75 Å². The van der Waals surface area contributed by atoms with Gasteiger partial charge < -0.3 is 14.2 Å². The Morgan fingerprint density at radius 2 is 1.76 bits per heavy atom. The summed E-state index contributed by atoms with van der Waals surface area (Å²) in [5, 5.41) is 0. The quantitative estimate of drug-likeness (QED) is 0.575. The molecule has 2 aliphatic heterocycles. The summed E-state index contributed by atoms with van der Waals surface area (Å²) in [7, 11) is -0.942. The van der Waals surface area contributed by atoms with Gasteiger partial charge in [-0.05, 0) is 60.1 Å². The Kier molecular flexibility index (Phi) is 7.31. The van der Waals surface area contributed by atoms with Crippen molar-refractivity contribution in [2.24, 2.45) is 0 Å². The Hall–Kier alpha value is -2.42. The highest BCUT2D eigenvalue weighted by molar-refractivity contribution is 7.91. The topological polar surface area (TPSA) is 82.1 Å². The van der Waals surface area contributed by atoms with Gasteiger partial charge in [-0.1, -0.05) is 30.3 Å². The summed E-state index contributed by atoms with van der Waals surface area (Å²) in [5.74, 6) is 0.416. The molecule has 2 aliphatic rings. The van der Waals surface area contributed by atoms with Crippen molar-refractivity contribution in [3.63, 3.8) is 0 Å². The minimum absolute atomic E-state index is 0.132. The van der Waals surface area contributed by atoms with Gasteiger partial charge in [0.1, 0.15) is 5.75 Å². The van der Waals surface area contributed by atoms with Gasteiger partial charge in [-0.3, -0.25) is 4.79 Å². The number of sulfonamides is 1. The first-order valence-electron chi connectivity index (χ1n) is 11.7. The molecular formula is C26H33NO6S. The lowest BCUT2D eigenvalue weighted by atomic mass is 9.87. The van der Waals surface area contributed by atoms with Gasteiger partial charge in [0.2, 0.25) is 10.0 Å². The second kappa shape index (κ2) is 10.1. The van der Waals surface area contributed by atoms with Gasteiger partial charge in [0, 0.05) is 39.1 Å². The molecule has 0 bridgehead atoms. The van der Waals surface area contributed by atoms with Crippen LogP contribution in [-0.4, -0.2) is 64.0 Å². The second-order valence-electron chi connectivity index (χ2n) is 9.08. The Morgan fingerprint density at radius 1 is 1.06 bits per heavy atom. The number of methoxy groups -OCH3 is 2. The zero-order chi connectivity index (χ0) is 24.3. The largest absolute Gasteiger partial charge is 0.497 e. The molecule has 184 valence electrons. The molecule has 34 heavy (non-hydrogen) atoms. The van der Waals surface area contributed by atoms with Crippen LogP contribution >= 0.6 is 0 Å². The van der Waals surface area contributed by atoms with E-state index in [2.05, 4.69) is 31.2 Å². The monoisotopic (exact) mass is 487 g/mol. The summed E-state index contributed by atoms with van der Waals surface area (Å²) in [6, 6.07) is 14.5. The summed E-state index contributed by atoms with van der Waals surface area (Å²) in [4.78, 5) is 12.6. The molecule has 0 aromatic heterocycles. The van der Waals surface area contributed by atoms with Gasteiger partial charge in [-0.15, -0.1) is 0 Å². The summed E-state index contributed by atoms with van der Waals surface area (Å²) >= 11 is 0. The van der Waals surface area contributed by atoms with Crippen LogP contribution in [0.15, 0.2) is 42.5 Å². The van der Waals surface area contributed by atoms with Crippen molar-refractivity contribution in [3.05, 3.63) is 53.6 Å². The zero-order valence-corrected chi connectivity index (χ0v) is 20.9. The zero-order valence-electron chi connectivity index (χ0n) is 20.1. The molecule has 2 heterocycles. The van der Waals surface area contributed by atoms with Crippen LogP contribution in [0.2, 0.25) is 0 Å². The van der Waals surface area contributed by atoms with Crippen LogP contribution in [0.4, 0.5) is 0 Å². The van der Waals surface area contributed by atoms with Gasteiger partial charge in [0.05, 0.1) is 14.2 Å². The first-order valence-corrected chi connectivity index (χ1v) is 13.2. The molecule has 2 saturated heterocycles. The van der Waals surface area contributed by atoms with Crippen LogP contribution < -0.4 is 4.74 Å². The molecule has 0 spiro atoms. The van der Waals surface area contributed by atoms with Crippen LogP contribution in [-0.2, 0) is 24.3 Å². The number of benzene rings is 2. The highest BCUT2D eigenvalue weighted by Gasteiger charge is 2.55. The SMILES string of the molecule is COC(=O)C1(S(=O)(=O)N2CCC(c3ccc(-c4cccc(OC)c4)c(C)c3)CC2)CCOCC1. The minimum Gasteiger partial charge on any atom is -0.497 e. The number of carbonyl (C=O) groups excluding carboxylic acids is 1. The Labute approximate surface area is 202 Å². The van der Waals surface area contributed by atoms with Gasteiger partial charge in [-0.2, -0.15) is 0 Å².